The van der Waals surface area contributed by atoms with Gasteiger partial charge in [-0.2, -0.15) is 0 Å². The summed E-state index contributed by atoms with van der Waals surface area (Å²) in [5.74, 6) is 0. The summed E-state index contributed by atoms with van der Waals surface area (Å²) in [7, 11) is 0. The standard InChI is InChI=1S/4FH.In.Sn.3H/h4*1H;;;;;/q;;;;;+4;;;/p-4. The predicted octanol–water partition coefficient (Wildman–Crippen LogP) is 0.116. The van der Waals surface area contributed by atoms with E-state index in [-0.39, 0.29) is 25.8 Å². The normalized spacial score (nSPS) is 10.0. The van der Waals surface area contributed by atoms with Gasteiger partial charge in [0, 0.05) is 0 Å². The molecule has 0 aromatic carbocycles. The summed E-state index contributed by atoms with van der Waals surface area (Å²) in [6.07, 6.45) is 0. The molecule has 0 heterocycles. The Kier molecular flexibility index (Phi) is 5.88. The molecule has 0 aromatic heterocycles. The van der Waals surface area contributed by atoms with Crippen LogP contribution in [0.2, 0.25) is 0 Å². The Morgan fingerprint density at radius 1 is 0.833 bits per heavy atom. The van der Waals surface area contributed by atoms with Crippen LogP contribution in [-0.4, -0.2) is 46.5 Å². The molecule has 6 heavy (non-hydrogen) atoms. The third-order valence-corrected chi connectivity index (χ3v) is 0. The molecular formula is H3F4InSn. The Labute approximate surface area is 57.7 Å². The molecule has 0 saturated carbocycles. The van der Waals surface area contributed by atoms with Crippen LogP contribution in [0.5, 0.6) is 0 Å². The molecule has 0 spiro atoms. The SMILES string of the molecule is [F][Sn]([F])([F])[F].[InH3]. The number of hydrogen-bond donors (Lipinski definition) is 0. The third-order valence-electron chi connectivity index (χ3n) is 0. The van der Waals surface area contributed by atoms with Crippen molar-refractivity contribution in [1.29, 1.82) is 0 Å². The van der Waals surface area contributed by atoms with Crippen LogP contribution in [0.15, 0.2) is 0 Å². The molecule has 0 saturated heterocycles. The quantitative estimate of drug-likeness (QED) is 0.440. The van der Waals surface area contributed by atoms with Gasteiger partial charge < -0.3 is 0 Å². The van der Waals surface area contributed by atoms with Gasteiger partial charge in [0.15, 0.2) is 0 Å². The molecule has 6 heteroatoms. The second-order valence-corrected chi connectivity index (χ2v) is 2.87. The first-order chi connectivity index (χ1) is 2.00. The summed E-state index contributed by atoms with van der Waals surface area (Å²) in [6, 6.07) is 0. The van der Waals surface area contributed by atoms with Crippen LogP contribution in [-0.2, 0) is 0 Å². The van der Waals surface area contributed by atoms with Crippen LogP contribution in [0.25, 0.3) is 0 Å². The summed E-state index contributed by atoms with van der Waals surface area (Å²) in [4.78, 5) is 0. The molecule has 0 bridgehead atoms. The molecular weight excluding hydrogens is 310 g/mol. The van der Waals surface area contributed by atoms with E-state index >= 15 is 0 Å². The molecule has 0 N–H and O–H groups in total. The fourth-order valence-electron chi connectivity index (χ4n) is 0. The monoisotopic (exact) mass is 314 g/mol. The van der Waals surface area contributed by atoms with E-state index in [2.05, 4.69) is 0 Å². The van der Waals surface area contributed by atoms with Crippen LogP contribution in [0.3, 0.4) is 0 Å². The first-order valence-corrected chi connectivity index (χ1v) is 5.07. The fourth-order valence-corrected chi connectivity index (χ4v) is 0. The van der Waals surface area contributed by atoms with Crippen LogP contribution >= 0.6 is 0 Å². The Balaban J connectivity index is 0. The molecule has 0 nitrogen and oxygen atoms in total. The van der Waals surface area contributed by atoms with E-state index in [1.807, 2.05) is 0 Å². The zero-order chi connectivity index (χ0) is 4.50. The van der Waals surface area contributed by atoms with Crippen molar-refractivity contribution in [3.8, 4) is 0 Å². The molecule has 0 fully saturated rings. The summed E-state index contributed by atoms with van der Waals surface area (Å²) >= 11 is -7.18. The van der Waals surface area contributed by atoms with E-state index in [1.165, 1.54) is 0 Å². The van der Waals surface area contributed by atoms with Crippen molar-refractivity contribution >= 4 is 46.5 Å². The number of rotatable bonds is 0. The topological polar surface area (TPSA) is 0 Å². The molecule has 0 aliphatic carbocycles. The summed E-state index contributed by atoms with van der Waals surface area (Å²) in [5.41, 5.74) is 0. The van der Waals surface area contributed by atoms with Gasteiger partial charge in [0.2, 0.25) is 0 Å². The Morgan fingerprint density at radius 3 is 0.833 bits per heavy atom. The Bertz CT molecular complexity index is 23.0. The first-order valence-electron chi connectivity index (χ1n) is 0.756. The average Bonchev–Trinajstić information content (AvgIpc) is 0.722. The van der Waals surface area contributed by atoms with E-state index in [4.69, 9.17) is 0 Å². The summed E-state index contributed by atoms with van der Waals surface area (Å²) in [5, 5.41) is 0. The van der Waals surface area contributed by atoms with Gasteiger partial charge in [-0.05, 0) is 0 Å². The van der Waals surface area contributed by atoms with E-state index in [9.17, 15) is 11.5 Å². The van der Waals surface area contributed by atoms with Crippen molar-refractivity contribution < 1.29 is 11.5 Å². The first kappa shape index (κ1) is 10.4. The third kappa shape index (κ3) is 53.8. The van der Waals surface area contributed by atoms with Crippen LogP contribution in [0.4, 0.5) is 11.5 Å². The minimum atomic E-state index is -7.18. The second-order valence-electron chi connectivity index (χ2n) is 0.429. The molecule has 0 aromatic rings. The van der Waals surface area contributed by atoms with E-state index < -0.39 is 20.7 Å². The molecule has 0 atom stereocenters. The maximum atomic E-state index is 9.90. The van der Waals surface area contributed by atoms with Crippen LogP contribution < -0.4 is 0 Å². The Morgan fingerprint density at radius 2 is 0.833 bits per heavy atom. The van der Waals surface area contributed by atoms with Crippen molar-refractivity contribution in [1.82, 2.24) is 0 Å². The molecule has 0 aliphatic rings. The average molecular weight is 313 g/mol. The van der Waals surface area contributed by atoms with Gasteiger partial charge in [-0.1, -0.05) is 0 Å². The maximum absolute atomic E-state index is 9.90. The molecule has 0 amide bonds. The van der Waals surface area contributed by atoms with Gasteiger partial charge in [0.1, 0.15) is 0 Å². The van der Waals surface area contributed by atoms with Gasteiger partial charge in [-0.25, -0.2) is 0 Å². The minimum absolute atomic E-state index is 0. The van der Waals surface area contributed by atoms with Gasteiger partial charge >= 0.3 is 58.0 Å². The second kappa shape index (κ2) is 3.40. The molecule has 0 aliphatic heterocycles. The number of halogens is 4. The van der Waals surface area contributed by atoms with E-state index in [0.29, 0.717) is 0 Å². The predicted molar refractivity (Wildman–Crippen MR) is 20.1 cm³/mol. The molecule has 0 rings (SSSR count). The summed E-state index contributed by atoms with van der Waals surface area (Å²) < 4.78 is 39.6. The summed E-state index contributed by atoms with van der Waals surface area (Å²) in [6.45, 7) is 0. The van der Waals surface area contributed by atoms with E-state index in [1.54, 1.807) is 0 Å². The van der Waals surface area contributed by atoms with Gasteiger partial charge in [0.25, 0.3) is 0 Å². The van der Waals surface area contributed by atoms with Gasteiger partial charge in [-0.15, -0.1) is 0 Å². The number of hydrogen-bond acceptors (Lipinski definition) is 0. The van der Waals surface area contributed by atoms with Gasteiger partial charge in [-0.3, -0.25) is 0 Å². The Hall–Kier alpha value is 1.39. The van der Waals surface area contributed by atoms with Crippen LogP contribution in [0, 0.1) is 0 Å². The molecule has 38 valence electrons. The van der Waals surface area contributed by atoms with Crippen molar-refractivity contribution in [3.63, 3.8) is 0 Å². The molecule has 0 unspecified atom stereocenters. The van der Waals surface area contributed by atoms with Crippen molar-refractivity contribution in [3.05, 3.63) is 0 Å². The van der Waals surface area contributed by atoms with Crippen LogP contribution in [0.1, 0.15) is 0 Å². The van der Waals surface area contributed by atoms with Crippen molar-refractivity contribution in [2.24, 2.45) is 0 Å². The van der Waals surface area contributed by atoms with Gasteiger partial charge in [0.05, 0.1) is 0 Å². The fraction of sp³-hybridized carbons (Fsp3) is 0. The molecule has 0 radical (unpaired) electrons. The van der Waals surface area contributed by atoms with E-state index in [0.717, 1.165) is 0 Å². The van der Waals surface area contributed by atoms with Crippen molar-refractivity contribution in [2.45, 2.75) is 0 Å². The zero-order valence-electron chi connectivity index (χ0n) is 2.01. The zero-order valence-corrected chi connectivity index (χ0v) is 4.87. The van der Waals surface area contributed by atoms with Crippen molar-refractivity contribution in [2.75, 3.05) is 0 Å².